The molecule has 0 aromatic heterocycles. The third-order valence-electron chi connectivity index (χ3n) is 4.27. The first-order valence-corrected chi connectivity index (χ1v) is 10.5. The van der Waals surface area contributed by atoms with Crippen molar-refractivity contribution in [2.45, 2.75) is 37.7 Å². The van der Waals surface area contributed by atoms with E-state index in [-0.39, 0.29) is 22.6 Å². The molecular weight excluding hydrogens is 388 g/mol. The Hall–Kier alpha value is -2.09. The average Bonchev–Trinajstić information content (AvgIpc) is 3.01. The van der Waals surface area contributed by atoms with E-state index in [1.54, 1.807) is 6.07 Å². The van der Waals surface area contributed by atoms with Crippen molar-refractivity contribution in [3.05, 3.63) is 52.5 Å². The van der Waals surface area contributed by atoms with E-state index >= 15 is 0 Å². The third-order valence-corrected chi connectivity index (χ3v) is 5.93. The SMILES string of the molecule is CCc1cccc(NC(=O)CNS(=O)(=O)c2cc(Cl)c3c(c2)CC(C)O3)c1. The minimum atomic E-state index is -3.87. The number of carbonyl (C=O) groups is 1. The Kier molecular flexibility index (Phi) is 5.74. The largest absolute Gasteiger partial charge is 0.489 e. The highest BCUT2D eigenvalue weighted by Crippen LogP contribution is 2.37. The van der Waals surface area contributed by atoms with Gasteiger partial charge < -0.3 is 10.1 Å². The van der Waals surface area contributed by atoms with Crippen LogP contribution in [0.4, 0.5) is 5.69 Å². The van der Waals surface area contributed by atoms with Crippen LogP contribution < -0.4 is 14.8 Å². The van der Waals surface area contributed by atoms with Crippen molar-refractivity contribution in [3.63, 3.8) is 0 Å². The summed E-state index contributed by atoms with van der Waals surface area (Å²) in [4.78, 5) is 12.1. The zero-order chi connectivity index (χ0) is 19.6. The minimum absolute atomic E-state index is 0.0183. The number of rotatable bonds is 6. The summed E-state index contributed by atoms with van der Waals surface area (Å²) in [6.07, 6.45) is 1.39. The van der Waals surface area contributed by atoms with Crippen LogP contribution in [0.3, 0.4) is 0 Å². The van der Waals surface area contributed by atoms with Crippen molar-refractivity contribution >= 4 is 33.2 Å². The molecule has 0 saturated carbocycles. The van der Waals surface area contributed by atoms with Gasteiger partial charge in [0.15, 0.2) is 0 Å². The van der Waals surface area contributed by atoms with Crippen molar-refractivity contribution in [2.75, 3.05) is 11.9 Å². The molecule has 6 nitrogen and oxygen atoms in total. The molecule has 1 unspecified atom stereocenters. The second-order valence-electron chi connectivity index (χ2n) is 6.45. The number of hydrogen-bond acceptors (Lipinski definition) is 4. The lowest BCUT2D eigenvalue weighted by molar-refractivity contribution is -0.115. The summed E-state index contributed by atoms with van der Waals surface area (Å²) in [6, 6.07) is 10.3. The number of nitrogens with one attached hydrogen (secondary N) is 2. The van der Waals surface area contributed by atoms with E-state index in [9.17, 15) is 13.2 Å². The smallest absolute Gasteiger partial charge is 0.241 e. The van der Waals surface area contributed by atoms with E-state index in [1.165, 1.54) is 12.1 Å². The van der Waals surface area contributed by atoms with Gasteiger partial charge in [-0.25, -0.2) is 13.1 Å². The average molecular weight is 409 g/mol. The fourth-order valence-electron chi connectivity index (χ4n) is 2.93. The lowest BCUT2D eigenvalue weighted by Crippen LogP contribution is -2.33. The number of amides is 1. The van der Waals surface area contributed by atoms with Gasteiger partial charge in [0.25, 0.3) is 0 Å². The summed E-state index contributed by atoms with van der Waals surface area (Å²) in [5, 5.41) is 2.94. The van der Waals surface area contributed by atoms with Gasteiger partial charge in [-0.3, -0.25) is 4.79 Å². The molecule has 144 valence electrons. The Morgan fingerprint density at radius 2 is 2.07 bits per heavy atom. The predicted octanol–water partition coefficient (Wildman–Crippen LogP) is 3.14. The van der Waals surface area contributed by atoms with Crippen molar-refractivity contribution < 1.29 is 17.9 Å². The van der Waals surface area contributed by atoms with Crippen LogP contribution >= 0.6 is 11.6 Å². The summed E-state index contributed by atoms with van der Waals surface area (Å²) in [5.74, 6) is 0.0766. The van der Waals surface area contributed by atoms with Crippen molar-refractivity contribution in [1.29, 1.82) is 0 Å². The van der Waals surface area contributed by atoms with Gasteiger partial charge >= 0.3 is 0 Å². The monoisotopic (exact) mass is 408 g/mol. The quantitative estimate of drug-likeness (QED) is 0.769. The molecule has 1 aliphatic rings. The van der Waals surface area contributed by atoms with Gasteiger partial charge in [-0.05, 0) is 43.2 Å². The van der Waals surface area contributed by atoms with E-state index in [2.05, 4.69) is 10.0 Å². The van der Waals surface area contributed by atoms with E-state index in [0.717, 1.165) is 17.5 Å². The Bertz CT molecular complexity index is 976. The minimum Gasteiger partial charge on any atom is -0.489 e. The maximum absolute atomic E-state index is 12.5. The Balaban J connectivity index is 1.67. The summed E-state index contributed by atoms with van der Waals surface area (Å²) in [5.41, 5.74) is 2.46. The molecule has 0 fully saturated rings. The molecule has 0 bridgehead atoms. The molecule has 1 heterocycles. The molecule has 0 spiro atoms. The lowest BCUT2D eigenvalue weighted by Gasteiger charge is -2.10. The number of anilines is 1. The first-order valence-electron chi connectivity index (χ1n) is 8.66. The molecule has 1 amide bonds. The standard InChI is InChI=1S/C19H21ClN2O4S/c1-3-13-5-4-6-15(8-13)22-18(23)11-21-27(24,25)16-9-14-7-12(2)26-19(14)17(20)10-16/h4-6,8-10,12,21H,3,7,11H2,1-2H3,(H,22,23). The molecule has 27 heavy (non-hydrogen) atoms. The van der Waals surface area contributed by atoms with Crippen LogP contribution in [0.1, 0.15) is 25.0 Å². The first-order chi connectivity index (χ1) is 12.8. The van der Waals surface area contributed by atoms with E-state index < -0.39 is 15.9 Å². The van der Waals surface area contributed by atoms with Gasteiger partial charge in [0, 0.05) is 17.7 Å². The van der Waals surface area contributed by atoms with Crippen molar-refractivity contribution in [1.82, 2.24) is 4.72 Å². The van der Waals surface area contributed by atoms with Crippen LogP contribution in [0.15, 0.2) is 41.3 Å². The first kappa shape index (κ1) is 19.7. The van der Waals surface area contributed by atoms with Crippen LogP contribution in [0.5, 0.6) is 5.75 Å². The molecule has 0 aliphatic carbocycles. The molecule has 8 heteroatoms. The molecule has 1 atom stereocenters. The molecule has 2 N–H and O–H groups in total. The lowest BCUT2D eigenvalue weighted by atomic mass is 10.1. The van der Waals surface area contributed by atoms with E-state index in [1.807, 2.05) is 32.0 Å². The Morgan fingerprint density at radius 1 is 1.30 bits per heavy atom. The van der Waals surface area contributed by atoms with E-state index in [4.69, 9.17) is 16.3 Å². The predicted molar refractivity (Wildman–Crippen MR) is 105 cm³/mol. The second-order valence-corrected chi connectivity index (χ2v) is 8.63. The van der Waals surface area contributed by atoms with Crippen LogP contribution in [-0.2, 0) is 27.7 Å². The number of hydrogen-bond donors (Lipinski definition) is 2. The van der Waals surface area contributed by atoms with Crippen LogP contribution in [0, 0.1) is 0 Å². The van der Waals surface area contributed by atoms with Gasteiger partial charge in [0.05, 0.1) is 16.5 Å². The number of aryl methyl sites for hydroxylation is 1. The number of benzene rings is 2. The van der Waals surface area contributed by atoms with Gasteiger partial charge in [-0.15, -0.1) is 0 Å². The van der Waals surface area contributed by atoms with Crippen molar-refractivity contribution in [2.24, 2.45) is 0 Å². The zero-order valence-electron chi connectivity index (χ0n) is 15.1. The summed E-state index contributed by atoms with van der Waals surface area (Å²) in [6.45, 7) is 3.53. The second kappa shape index (κ2) is 7.88. The maximum atomic E-state index is 12.5. The summed E-state index contributed by atoms with van der Waals surface area (Å²) >= 11 is 6.15. The summed E-state index contributed by atoms with van der Waals surface area (Å²) < 4.78 is 33.0. The molecule has 2 aromatic carbocycles. The zero-order valence-corrected chi connectivity index (χ0v) is 16.7. The highest BCUT2D eigenvalue weighted by atomic mass is 35.5. The molecular formula is C19H21ClN2O4S. The normalized spacial score (nSPS) is 15.9. The molecule has 0 radical (unpaired) electrons. The van der Waals surface area contributed by atoms with Gasteiger partial charge in [-0.1, -0.05) is 30.7 Å². The van der Waals surface area contributed by atoms with Gasteiger partial charge in [0.1, 0.15) is 11.9 Å². The highest BCUT2D eigenvalue weighted by molar-refractivity contribution is 7.89. The van der Waals surface area contributed by atoms with Crippen molar-refractivity contribution in [3.8, 4) is 5.75 Å². The van der Waals surface area contributed by atoms with Crippen LogP contribution in [-0.4, -0.2) is 27.0 Å². The van der Waals surface area contributed by atoms with Gasteiger partial charge in [-0.2, -0.15) is 0 Å². The molecule has 2 aromatic rings. The number of halogens is 1. The Morgan fingerprint density at radius 3 is 2.81 bits per heavy atom. The summed E-state index contributed by atoms with van der Waals surface area (Å²) in [7, 11) is -3.87. The third kappa shape index (κ3) is 4.61. The maximum Gasteiger partial charge on any atom is 0.241 e. The Labute approximate surface area is 163 Å². The van der Waals surface area contributed by atoms with E-state index in [0.29, 0.717) is 17.9 Å². The number of carbonyl (C=O) groups excluding carboxylic acids is 1. The van der Waals surface area contributed by atoms with Gasteiger partial charge in [0.2, 0.25) is 15.9 Å². The highest BCUT2D eigenvalue weighted by Gasteiger charge is 2.26. The van der Waals surface area contributed by atoms with Crippen LogP contribution in [0.25, 0.3) is 0 Å². The molecule has 0 saturated heterocycles. The molecule has 3 rings (SSSR count). The van der Waals surface area contributed by atoms with Crippen LogP contribution in [0.2, 0.25) is 5.02 Å². The molecule has 1 aliphatic heterocycles. The number of ether oxygens (including phenoxy) is 1. The number of sulfonamides is 1. The number of fused-ring (bicyclic) bond motifs is 1. The fourth-order valence-corrected chi connectivity index (χ4v) is 4.34. The topological polar surface area (TPSA) is 84.5 Å². The fraction of sp³-hybridized carbons (Fsp3) is 0.316.